The molecule has 0 aliphatic heterocycles. The molecule has 1 heterocycles. The Bertz CT molecular complexity index is 793. The Labute approximate surface area is 144 Å². The quantitative estimate of drug-likeness (QED) is 0.699. The summed E-state index contributed by atoms with van der Waals surface area (Å²) in [5, 5.41) is 0. The van der Waals surface area contributed by atoms with Crippen LogP contribution in [0.4, 0.5) is 5.69 Å². The van der Waals surface area contributed by atoms with Crippen molar-refractivity contribution < 1.29 is 8.42 Å². The number of nitrogens with two attached hydrogens (primary N) is 1. The van der Waals surface area contributed by atoms with Crippen LogP contribution in [-0.4, -0.2) is 18.4 Å². The lowest BCUT2D eigenvalue weighted by molar-refractivity contribution is 0.601. The third-order valence-electron chi connectivity index (χ3n) is 2.47. The van der Waals surface area contributed by atoms with Crippen molar-refractivity contribution in [1.29, 1.82) is 0 Å². The number of nitrogens with one attached hydrogen (secondary N) is 1. The van der Waals surface area contributed by atoms with E-state index in [-0.39, 0.29) is 9.88 Å². The van der Waals surface area contributed by atoms with Crippen LogP contribution in [0.3, 0.4) is 0 Å². The number of sulfonamides is 1. The minimum Gasteiger partial charge on any atom is -0.388 e. The Morgan fingerprint density at radius 1 is 1.24 bits per heavy atom. The maximum atomic E-state index is 12.3. The van der Waals surface area contributed by atoms with E-state index in [0.717, 1.165) is 4.47 Å². The predicted molar refractivity (Wildman–Crippen MR) is 92.8 cm³/mol. The summed E-state index contributed by atoms with van der Waals surface area (Å²) in [5.41, 5.74) is 6.21. The van der Waals surface area contributed by atoms with E-state index in [2.05, 4.69) is 41.6 Å². The minimum atomic E-state index is -3.74. The van der Waals surface area contributed by atoms with E-state index in [1.54, 1.807) is 18.2 Å². The van der Waals surface area contributed by atoms with E-state index in [9.17, 15) is 8.42 Å². The fourth-order valence-electron chi connectivity index (χ4n) is 1.46. The Morgan fingerprint density at radius 3 is 2.52 bits per heavy atom. The van der Waals surface area contributed by atoms with Gasteiger partial charge in [0.05, 0.1) is 11.4 Å². The average molecular weight is 451 g/mol. The van der Waals surface area contributed by atoms with Gasteiger partial charge in [-0.3, -0.25) is 9.71 Å². The van der Waals surface area contributed by atoms with Gasteiger partial charge in [0.1, 0.15) is 9.88 Å². The number of halogens is 2. The highest BCUT2D eigenvalue weighted by Crippen LogP contribution is 2.28. The largest absolute Gasteiger partial charge is 0.388 e. The van der Waals surface area contributed by atoms with Gasteiger partial charge >= 0.3 is 0 Å². The molecule has 2 aromatic rings. The molecular weight excluding hydrogens is 442 g/mol. The number of thiocarbonyl (C=S) groups is 1. The number of hydrogen-bond donors (Lipinski definition) is 2. The topological polar surface area (TPSA) is 85.1 Å². The zero-order valence-corrected chi connectivity index (χ0v) is 15.2. The van der Waals surface area contributed by atoms with Crippen molar-refractivity contribution in [2.75, 3.05) is 4.72 Å². The molecule has 0 saturated heterocycles. The molecule has 2 rings (SSSR count). The molecule has 110 valence electrons. The second kappa shape index (κ2) is 6.39. The van der Waals surface area contributed by atoms with Crippen molar-refractivity contribution in [1.82, 2.24) is 4.98 Å². The van der Waals surface area contributed by atoms with Crippen LogP contribution in [0.1, 0.15) is 5.69 Å². The monoisotopic (exact) mass is 449 g/mol. The van der Waals surface area contributed by atoms with Gasteiger partial charge in [-0.2, -0.15) is 0 Å². The SMILES string of the molecule is NC(=S)c1ccc(S(=O)(=O)Nc2cc(Br)ccc2Br)cn1. The third kappa shape index (κ3) is 4.00. The molecule has 0 fully saturated rings. The lowest BCUT2D eigenvalue weighted by atomic mass is 10.3. The van der Waals surface area contributed by atoms with Crippen LogP contribution < -0.4 is 10.5 Å². The molecule has 9 heteroatoms. The lowest BCUT2D eigenvalue weighted by Crippen LogP contribution is -2.15. The van der Waals surface area contributed by atoms with Crippen LogP contribution in [0, 0.1) is 0 Å². The maximum Gasteiger partial charge on any atom is 0.263 e. The average Bonchev–Trinajstić information content (AvgIpc) is 2.43. The Morgan fingerprint density at radius 2 is 1.95 bits per heavy atom. The third-order valence-corrected chi connectivity index (χ3v) is 5.22. The first kappa shape index (κ1) is 16.3. The van der Waals surface area contributed by atoms with Crippen LogP contribution in [0.25, 0.3) is 0 Å². The van der Waals surface area contributed by atoms with Gasteiger partial charge in [-0.15, -0.1) is 0 Å². The van der Waals surface area contributed by atoms with E-state index >= 15 is 0 Å². The van der Waals surface area contributed by atoms with E-state index in [0.29, 0.717) is 15.9 Å². The molecule has 0 aliphatic rings. The zero-order valence-electron chi connectivity index (χ0n) is 10.4. The second-order valence-corrected chi connectivity index (χ2v) is 7.87. The first-order valence-corrected chi connectivity index (χ1v) is 9.01. The molecule has 3 N–H and O–H groups in total. The molecular formula is C12H9Br2N3O2S2. The summed E-state index contributed by atoms with van der Waals surface area (Å²) in [6.07, 6.45) is 1.21. The number of pyridine rings is 1. The van der Waals surface area contributed by atoms with Gasteiger partial charge in [0, 0.05) is 15.1 Å². The van der Waals surface area contributed by atoms with Gasteiger partial charge in [0.2, 0.25) is 0 Å². The normalized spacial score (nSPS) is 11.1. The van der Waals surface area contributed by atoms with Crippen LogP contribution in [0.5, 0.6) is 0 Å². The van der Waals surface area contributed by atoms with Gasteiger partial charge < -0.3 is 5.73 Å². The Kier molecular flexibility index (Phi) is 4.97. The van der Waals surface area contributed by atoms with Gasteiger partial charge in [-0.1, -0.05) is 28.1 Å². The standard InChI is InChI=1S/C12H9Br2N3O2S2/c13-7-1-3-9(14)11(5-7)17-21(18,19)8-2-4-10(12(15)20)16-6-8/h1-6,17H,(H2,15,20). The summed E-state index contributed by atoms with van der Waals surface area (Å²) < 4.78 is 28.5. The molecule has 5 nitrogen and oxygen atoms in total. The molecule has 0 bridgehead atoms. The summed E-state index contributed by atoms with van der Waals surface area (Å²) in [6.45, 7) is 0. The molecule has 0 aliphatic carbocycles. The van der Waals surface area contributed by atoms with E-state index in [1.165, 1.54) is 18.3 Å². The Balaban J connectivity index is 2.34. The van der Waals surface area contributed by atoms with Gasteiger partial charge in [0.25, 0.3) is 10.0 Å². The molecule has 0 atom stereocenters. The number of hydrogen-bond acceptors (Lipinski definition) is 4. The number of aromatic nitrogens is 1. The highest BCUT2D eigenvalue weighted by atomic mass is 79.9. The van der Waals surface area contributed by atoms with Crippen molar-refractivity contribution in [2.45, 2.75) is 4.90 Å². The smallest absolute Gasteiger partial charge is 0.263 e. The highest BCUT2D eigenvalue weighted by molar-refractivity contribution is 9.11. The van der Waals surface area contributed by atoms with Crippen molar-refractivity contribution in [2.24, 2.45) is 5.73 Å². The van der Waals surface area contributed by atoms with Crippen LogP contribution in [-0.2, 0) is 10.0 Å². The molecule has 0 spiro atoms. The fourth-order valence-corrected chi connectivity index (χ4v) is 3.44. The molecule has 0 saturated carbocycles. The number of benzene rings is 1. The first-order valence-electron chi connectivity index (χ1n) is 5.53. The molecule has 0 amide bonds. The number of rotatable bonds is 4. The van der Waals surface area contributed by atoms with E-state index in [1.807, 2.05) is 0 Å². The summed E-state index contributed by atoms with van der Waals surface area (Å²) in [7, 11) is -3.74. The van der Waals surface area contributed by atoms with Crippen LogP contribution >= 0.6 is 44.1 Å². The second-order valence-electron chi connectivity index (χ2n) is 3.97. The first-order chi connectivity index (χ1) is 9.79. The van der Waals surface area contributed by atoms with Crippen LogP contribution in [0.15, 0.2) is 50.4 Å². The lowest BCUT2D eigenvalue weighted by Gasteiger charge is -2.10. The van der Waals surface area contributed by atoms with Gasteiger partial charge in [-0.05, 0) is 46.3 Å². The molecule has 21 heavy (non-hydrogen) atoms. The highest BCUT2D eigenvalue weighted by Gasteiger charge is 2.16. The fraction of sp³-hybridized carbons (Fsp3) is 0. The predicted octanol–water partition coefficient (Wildman–Crippen LogP) is 3.04. The van der Waals surface area contributed by atoms with Crippen molar-refractivity contribution in [3.05, 3.63) is 51.2 Å². The molecule has 0 radical (unpaired) electrons. The van der Waals surface area contributed by atoms with Gasteiger partial charge in [0.15, 0.2) is 0 Å². The van der Waals surface area contributed by atoms with Crippen molar-refractivity contribution in [3.8, 4) is 0 Å². The zero-order chi connectivity index (χ0) is 15.6. The van der Waals surface area contributed by atoms with E-state index in [4.69, 9.17) is 18.0 Å². The molecule has 1 aromatic carbocycles. The van der Waals surface area contributed by atoms with Crippen LogP contribution in [0.2, 0.25) is 0 Å². The van der Waals surface area contributed by atoms with Gasteiger partial charge in [-0.25, -0.2) is 8.42 Å². The number of nitrogens with zero attached hydrogens (tertiary/aromatic N) is 1. The summed E-state index contributed by atoms with van der Waals surface area (Å²) in [5.74, 6) is 0. The maximum absolute atomic E-state index is 12.3. The van der Waals surface area contributed by atoms with Crippen molar-refractivity contribution >= 4 is 64.8 Å². The summed E-state index contributed by atoms with van der Waals surface area (Å²) in [6, 6.07) is 8.04. The Hall–Kier alpha value is -1.03. The number of anilines is 1. The molecule has 1 aromatic heterocycles. The van der Waals surface area contributed by atoms with E-state index < -0.39 is 10.0 Å². The summed E-state index contributed by atoms with van der Waals surface area (Å²) >= 11 is 11.4. The molecule has 0 unspecified atom stereocenters. The minimum absolute atomic E-state index is 0.0226. The summed E-state index contributed by atoms with van der Waals surface area (Å²) in [4.78, 5) is 4.05. The van der Waals surface area contributed by atoms with Crippen molar-refractivity contribution in [3.63, 3.8) is 0 Å².